The van der Waals surface area contributed by atoms with E-state index in [-0.39, 0.29) is 11.5 Å². The van der Waals surface area contributed by atoms with Gasteiger partial charge in [-0.25, -0.2) is 18.7 Å². The Labute approximate surface area is 124 Å². The van der Waals surface area contributed by atoms with E-state index in [1.165, 1.54) is 19.5 Å². The lowest BCUT2D eigenvalue weighted by Crippen LogP contribution is -2.01. The van der Waals surface area contributed by atoms with Crippen LogP contribution in [0.25, 0.3) is 10.9 Å². The number of ether oxygens (including phenoxy) is 1. The highest BCUT2D eigenvalue weighted by Gasteiger charge is 2.13. The summed E-state index contributed by atoms with van der Waals surface area (Å²) in [5, 5.41) is 3.18. The van der Waals surface area contributed by atoms with Crippen molar-refractivity contribution in [3.05, 3.63) is 48.3 Å². The highest BCUT2D eigenvalue weighted by molar-refractivity contribution is 5.94. The maximum Gasteiger partial charge on any atom is 0.149 e. The molecule has 112 valence electrons. The van der Waals surface area contributed by atoms with Gasteiger partial charge in [0.1, 0.15) is 35.2 Å². The van der Waals surface area contributed by atoms with E-state index in [0.717, 1.165) is 12.1 Å². The smallest absolute Gasteiger partial charge is 0.149 e. The monoisotopic (exact) mass is 302 g/mol. The number of fused-ring (bicyclic) bond motifs is 1. The van der Waals surface area contributed by atoms with E-state index in [1.807, 2.05) is 0 Å². The summed E-state index contributed by atoms with van der Waals surface area (Å²) >= 11 is 0. The molecule has 3 aromatic rings. The Morgan fingerprint density at radius 3 is 2.55 bits per heavy atom. The lowest BCUT2D eigenvalue weighted by atomic mass is 10.2. The van der Waals surface area contributed by atoms with Gasteiger partial charge in [0.2, 0.25) is 0 Å². The van der Waals surface area contributed by atoms with Crippen LogP contribution < -0.4 is 15.8 Å². The van der Waals surface area contributed by atoms with Crippen LogP contribution >= 0.6 is 0 Å². The zero-order valence-corrected chi connectivity index (χ0v) is 11.6. The molecule has 0 fully saturated rings. The van der Waals surface area contributed by atoms with Crippen LogP contribution in [0.3, 0.4) is 0 Å². The molecule has 22 heavy (non-hydrogen) atoms. The molecule has 7 heteroatoms. The van der Waals surface area contributed by atoms with Gasteiger partial charge in [0.25, 0.3) is 0 Å². The topological polar surface area (TPSA) is 73.1 Å². The highest BCUT2D eigenvalue weighted by atomic mass is 19.1. The normalized spacial score (nSPS) is 10.7. The Kier molecular flexibility index (Phi) is 3.46. The van der Waals surface area contributed by atoms with Crippen LogP contribution in [0.4, 0.5) is 26.0 Å². The lowest BCUT2D eigenvalue weighted by molar-refractivity contribution is 0.417. The van der Waals surface area contributed by atoms with Crippen molar-refractivity contribution in [1.82, 2.24) is 9.97 Å². The number of hydrogen-bond donors (Lipinski definition) is 2. The largest absolute Gasteiger partial charge is 0.495 e. The molecule has 1 heterocycles. The maximum atomic E-state index is 13.7. The van der Waals surface area contributed by atoms with Gasteiger partial charge < -0.3 is 15.8 Å². The van der Waals surface area contributed by atoms with Gasteiger partial charge in [-0.05, 0) is 18.2 Å². The van der Waals surface area contributed by atoms with Crippen LogP contribution in [0.5, 0.6) is 5.75 Å². The average Bonchev–Trinajstić information content (AvgIpc) is 2.51. The van der Waals surface area contributed by atoms with Crippen molar-refractivity contribution in [1.29, 1.82) is 0 Å². The van der Waals surface area contributed by atoms with Crippen molar-refractivity contribution in [3.63, 3.8) is 0 Å². The summed E-state index contributed by atoms with van der Waals surface area (Å²) in [5.41, 5.74) is 6.50. The number of nitrogens with one attached hydrogen (secondary N) is 1. The number of aromatic nitrogens is 2. The number of para-hydroxylation sites is 1. The van der Waals surface area contributed by atoms with E-state index in [1.54, 1.807) is 12.1 Å². The van der Waals surface area contributed by atoms with Crippen LogP contribution in [0.15, 0.2) is 36.7 Å². The van der Waals surface area contributed by atoms with E-state index in [4.69, 9.17) is 10.5 Å². The quantitative estimate of drug-likeness (QED) is 0.727. The molecule has 0 radical (unpaired) electrons. The number of nitrogen functional groups attached to an aromatic ring is 1. The van der Waals surface area contributed by atoms with E-state index in [2.05, 4.69) is 15.3 Å². The molecule has 0 amide bonds. The van der Waals surface area contributed by atoms with Gasteiger partial charge in [-0.15, -0.1) is 0 Å². The zero-order valence-electron chi connectivity index (χ0n) is 11.6. The van der Waals surface area contributed by atoms with Crippen LogP contribution in [0.1, 0.15) is 0 Å². The van der Waals surface area contributed by atoms with Gasteiger partial charge in [-0.3, -0.25) is 0 Å². The molecule has 0 unspecified atom stereocenters. The number of rotatable bonds is 3. The summed E-state index contributed by atoms with van der Waals surface area (Å²) < 4.78 is 32.6. The molecular weight excluding hydrogens is 290 g/mol. The van der Waals surface area contributed by atoms with Crippen molar-refractivity contribution in [2.75, 3.05) is 18.2 Å². The fourth-order valence-corrected chi connectivity index (χ4v) is 2.11. The molecule has 0 spiro atoms. The molecular formula is C15H12F2N4O. The third-order valence-corrected chi connectivity index (χ3v) is 3.19. The minimum absolute atomic E-state index is 0.253. The summed E-state index contributed by atoms with van der Waals surface area (Å²) in [4.78, 5) is 8.13. The summed E-state index contributed by atoms with van der Waals surface area (Å²) in [6.07, 6.45) is 1.29. The van der Waals surface area contributed by atoms with Gasteiger partial charge in [-0.2, -0.15) is 0 Å². The van der Waals surface area contributed by atoms with Crippen molar-refractivity contribution < 1.29 is 13.5 Å². The van der Waals surface area contributed by atoms with E-state index >= 15 is 0 Å². The fraction of sp³-hybridized carbons (Fsp3) is 0.0667. The van der Waals surface area contributed by atoms with E-state index in [0.29, 0.717) is 22.3 Å². The minimum atomic E-state index is -0.715. The number of halogens is 2. The van der Waals surface area contributed by atoms with Crippen LogP contribution in [0, 0.1) is 11.6 Å². The van der Waals surface area contributed by atoms with Gasteiger partial charge >= 0.3 is 0 Å². The third-order valence-electron chi connectivity index (χ3n) is 3.19. The molecule has 0 bridgehead atoms. The molecule has 0 saturated heterocycles. The molecule has 1 aromatic heterocycles. The summed E-state index contributed by atoms with van der Waals surface area (Å²) in [6.45, 7) is 0. The summed E-state index contributed by atoms with van der Waals surface area (Å²) in [7, 11) is 1.49. The predicted molar refractivity (Wildman–Crippen MR) is 80.1 cm³/mol. The Morgan fingerprint density at radius 1 is 1.14 bits per heavy atom. The standard InChI is InChI=1S/C15H12F2N4O/c1-22-13-6-12-8(5-11(13)18)15(20-7-19-12)21-14-9(16)3-2-4-10(14)17/h2-7H,18H2,1H3,(H,19,20,21). The second kappa shape index (κ2) is 5.44. The molecule has 0 aliphatic heterocycles. The number of hydrogen-bond acceptors (Lipinski definition) is 5. The van der Waals surface area contributed by atoms with Gasteiger partial charge in [0.15, 0.2) is 0 Å². The molecule has 3 N–H and O–H groups in total. The van der Waals surface area contributed by atoms with E-state index in [9.17, 15) is 8.78 Å². The minimum Gasteiger partial charge on any atom is -0.495 e. The fourth-order valence-electron chi connectivity index (χ4n) is 2.11. The molecule has 0 saturated carbocycles. The molecule has 0 aliphatic rings. The van der Waals surface area contributed by atoms with Crippen molar-refractivity contribution >= 4 is 28.1 Å². The Bertz CT molecular complexity index is 834. The first-order valence-electron chi connectivity index (χ1n) is 6.39. The number of benzene rings is 2. The summed E-state index contributed by atoms with van der Waals surface area (Å²) in [6, 6.07) is 6.83. The summed E-state index contributed by atoms with van der Waals surface area (Å²) in [5.74, 6) is -0.709. The Morgan fingerprint density at radius 2 is 1.86 bits per heavy atom. The van der Waals surface area contributed by atoms with Gasteiger partial charge in [0, 0.05) is 11.5 Å². The van der Waals surface area contributed by atoms with Crippen molar-refractivity contribution in [2.24, 2.45) is 0 Å². The first kappa shape index (κ1) is 14.0. The first-order valence-corrected chi connectivity index (χ1v) is 6.39. The predicted octanol–water partition coefficient (Wildman–Crippen LogP) is 3.24. The maximum absolute atomic E-state index is 13.7. The number of anilines is 3. The zero-order chi connectivity index (χ0) is 15.7. The van der Waals surface area contributed by atoms with Gasteiger partial charge in [0.05, 0.1) is 18.3 Å². The number of methoxy groups -OCH3 is 1. The van der Waals surface area contributed by atoms with Crippen molar-refractivity contribution in [3.8, 4) is 5.75 Å². The highest BCUT2D eigenvalue weighted by Crippen LogP contribution is 2.32. The molecule has 0 atom stereocenters. The van der Waals surface area contributed by atoms with Gasteiger partial charge in [-0.1, -0.05) is 6.07 Å². The first-order chi connectivity index (χ1) is 10.6. The average molecular weight is 302 g/mol. The Hall–Kier alpha value is -2.96. The second-order valence-electron chi connectivity index (χ2n) is 4.56. The SMILES string of the molecule is COc1cc2ncnc(Nc3c(F)cccc3F)c2cc1N. The second-order valence-corrected chi connectivity index (χ2v) is 4.56. The molecule has 5 nitrogen and oxygen atoms in total. The Balaban J connectivity index is 2.13. The molecule has 3 rings (SSSR count). The third kappa shape index (κ3) is 2.37. The van der Waals surface area contributed by atoms with Crippen LogP contribution in [-0.2, 0) is 0 Å². The number of nitrogens with two attached hydrogens (primary N) is 1. The molecule has 0 aliphatic carbocycles. The van der Waals surface area contributed by atoms with Crippen LogP contribution in [-0.4, -0.2) is 17.1 Å². The molecule has 2 aromatic carbocycles. The number of nitrogens with zero attached hydrogens (tertiary/aromatic N) is 2. The van der Waals surface area contributed by atoms with Crippen molar-refractivity contribution in [2.45, 2.75) is 0 Å². The van der Waals surface area contributed by atoms with Crippen LogP contribution in [0.2, 0.25) is 0 Å². The lowest BCUT2D eigenvalue weighted by Gasteiger charge is -2.11. The van der Waals surface area contributed by atoms with E-state index < -0.39 is 11.6 Å².